The summed E-state index contributed by atoms with van der Waals surface area (Å²) in [5.74, 6) is -0.203. The number of ether oxygens (including phenoxy) is 2. The van der Waals surface area contributed by atoms with Crippen LogP contribution >= 0.6 is 0 Å². The van der Waals surface area contributed by atoms with Gasteiger partial charge in [0.25, 0.3) is 0 Å². The summed E-state index contributed by atoms with van der Waals surface area (Å²) in [5, 5.41) is 0. The molecule has 0 amide bonds. The molecule has 0 unspecified atom stereocenters. The van der Waals surface area contributed by atoms with Crippen LogP contribution in [0.2, 0.25) is 0 Å². The van der Waals surface area contributed by atoms with Crippen LogP contribution in [0.1, 0.15) is 37.3 Å². The maximum absolute atomic E-state index is 10.5. The van der Waals surface area contributed by atoms with Crippen LogP contribution in [-0.2, 0) is 20.9 Å². The molecule has 0 radical (unpaired) electrons. The smallest absolute Gasteiger partial charge is 0.302 e. The first-order valence-corrected chi connectivity index (χ1v) is 6.45. The highest BCUT2D eigenvalue weighted by molar-refractivity contribution is 5.65. The SMILES string of the molecule is CC(=O)OCCCCCOCc1ccc(C)cc1. The highest BCUT2D eigenvalue weighted by atomic mass is 16.5. The third-order valence-electron chi connectivity index (χ3n) is 2.63. The van der Waals surface area contributed by atoms with Crippen molar-refractivity contribution >= 4 is 5.97 Å². The zero-order valence-electron chi connectivity index (χ0n) is 11.3. The van der Waals surface area contributed by atoms with Gasteiger partial charge < -0.3 is 9.47 Å². The lowest BCUT2D eigenvalue weighted by Gasteiger charge is -2.05. The molecule has 0 heterocycles. The lowest BCUT2D eigenvalue weighted by atomic mass is 10.2. The van der Waals surface area contributed by atoms with Crippen LogP contribution in [0.5, 0.6) is 0 Å². The molecule has 0 bridgehead atoms. The lowest BCUT2D eigenvalue weighted by Crippen LogP contribution is -2.01. The van der Waals surface area contributed by atoms with E-state index in [9.17, 15) is 4.79 Å². The van der Waals surface area contributed by atoms with Crippen molar-refractivity contribution in [1.29, 1.82) is 0 Å². The fourth-order valence-corrected chi connectivity index (χ4v) is 1.57. The van der Waals surface area contributed by atoms with Crippen molar-refractivity contribution < 1.29 is 14.3 Å². The lowest BCUT2D eigenvalue weighted by molar-refractivity contribution is -0.141. The number of benzene rings is 1. The molecule has 0 N–H and O–H groups in total. The Morgan fingerprint density at radius 2 is 1.72 bits per heavy atom. The van der Waals surface area contributed by atoms with Gasteiger partial charge in [0.1, 0.15) is 0 Å². The van der Waals surface area contributed by atoms with Gasteiger partial charge in [-0.15, -0.1) is 0 Å². The Balaban J connectivity index is 1.95. The molecule has 0 aliphatic carbocycles. The average Bonchev–Trinajstić information content (AvgIpc) is 2.34. The second kappa shape index (κ2) is 8.70. The van der Waals surface area contributed by atoms with Gasteiger partial charge in [0.05, 0.1) is 13.2 Å². The summed E-state index contributed by atoms with van der Waals surface area (Å²) in [5.41, 5.74) is 2.48. The van der Waals surface area contributed by atoms with Gasteiger partial charge in [-0.3, -0.25) is 4.79 Å². The van der Waals surface area contributed by atoms with E-state index in [-0.39, 0.29) is 5.97 Å². The first kappa shape index (κ1) is 14.7. The molecule has 0 saturated heterocycles. The van der Waals surface area contributed by atoms with Crippen molar-refractivity contribution in [3.63, 3.8) is 0 Å². The van der Waals surface area contributed by atoms with E-state index >= 15 is 0 Å². The van der Waals surface area contributed by atoms with Crippen molar-refractivity contribution in [3.05, 3.63) is 35.4 Å². The molecule has 1 aromatic carbocycles. The summed E-state index contributed by atoms with van der Waals surface area (Å²) in [6, 6.07) is 8.38. The fraction of sp³-hybridized carbons (Fsp3) is 0.533. The van der Waals surface area contributed by atoms with E-state index in [4.69, 9.17) is 9.47 Å². The number of carbonyl (C=O) groups excluding carboxylic acids is 1. The number of aryl methyl sites for hydroxylation is 1. The molecule has 0 aliphatic heterocycles. The van der Waals surface area contributed by atoms with Gasteiger partial charge >= 0.3 is 5.97 Å². The van der Waals surface area contributed by atoms with Crippen molar-refractivity contribution in [2.75, 3.05) is 13.2 Å². The summed E-state index contributed by atoms with van der Waals surface area (Å²) in [6.45, 7) is 5.46. The molecular formula is C15H22O3. The molecule has 0 aromatic heterocycles. The molecular weight excluding hydrogens is 228 g/mol. The predicted octanol–water partition coefficient (Wildman–Crippen LogP) is 3.25. The van der Waals surface area contributed by atoms with E-state index < -0.39 is 0 Å². The second-order valence-electron chi connectivity index (χ2n) is 4.44. The number of carbonyl (C=O) groups is 1. The van der Waals surface area contributed by atoms with Gasteiger partial charge in [0, 0.05) is 13.5 Å². The van der Waals surface area contributed by atoms with Gasteiger partial charge in [-0.2, -0.15) is 0 Å². The van der Waals surface area contributed by atoms with Gasteiger partial charge in [-0.05, 0) is 31.7 Å². The molecule has 3 nitrogen and oxygen atoms in total. The van der Waals surface area contributed by atoms with Gasteiger partial charge in [0.15, 0.2) is 0 Å². The second-order valence-corrected chi connectivity index (χ2v) is 4.44. The molecule has 3 heteroatoms. The largest absolute Gasteiger partial charge is 0.466 e. The zero-order valence-corrected chi connectivity index (χ0v) is 11.3. The van der Waals surface area contributed by atoms with Crippen molar-refractivity contribution in [1.82, 2.24) is 0 Å². The quantitative estimate of drug-likeness (QED) is 0.525. The van der Waals surface area contributed by atoms with Crippen molar-refractivity contribution in [3.8, 4) is 0 Å². The molecule has 0 fully saturated rings. The molecule has 1 aromatic rings. The van der Waals surface area contributed by atoms with Crippen LogP contribution in [0.4, 0.5) is 0 Å². The first-order chi connectivity index (χ1) is 8.68. The van der Waals surface area contributed by atoms with Crippen LogP contribution in [0, 0.1) is 6.92 Å². The number of hydrogen-bond donors (Lipinski definition) is 0. The zero-order chi connectivity index (χ0) is 13.2. The van der Waals surface area contributed by atoms with Crippen molar-refractivity contribution in [2.24, 2.45) is 0 Å². The third kappa shape index (κ3) is 7.07. The van der Waals surface area contributed by atoms with Crippen molar-refractivity contribution in [2.45, 2.75) is 39.7 Å². The Labute approximate surface area is 109 Å². The predicted molar refractivity (Wildman–Crippen MR) is 71.3 cm³/mol. The monoisotopic (exact) mass is 250 g/mol. The van der Waals surface area contributed by atoms with Gasteiger partial charge in [-0.25, -0.2) is 0 Å². The fourth-order valence-electron chi connectivity index (χ4n) is 1.57. The molecule has 18 heavy (non-hydrogen) atoms. The van der Waals surface area contributed by atoms with Crippen LogP contribution in [0.25, 0.3) is 0 Å². The van der Waals surface area contributed by atoms with Crippen LogP contribution in [0.3, 0.4) is 0 Å². The van der Waals surface area contributed by atoms with E-state index in [1.165, 1.54) is 18.1 Å². The average molecular weight is 250 g/mol. The Kier molecular flexibility index (Phi) is 7.11. The normalized spacial score (nSPS) is 10.3. The molecule has 100 valence electrons. The standard InChI is InChI=1S/C15H22O3/c1-13-6-8-15(9-7-13)12-17-10-4-3-5-11-18-14(2)16/h6-9H,3-5,10-12H2,1-2H3. The van der Waals surface area contributed by atoms with Crippen LogP contribution in [-0.4, -0.2) is 19.2 Å². The number of esters is 1. The molecule has 0 saturated carbocycles. The minimum atomic E-state index is -0.203. The molecule has 0 spiro atoms. The minimum Gasteiger partial charge on any atom is -0.466 e. The third-order valence-corrected chi connectivity index (χ3v) is 2.63. The van der Waals surface area contributed by atoms with E-state index in [0.717, 1.165) is 25.9 Å². The van der Waals surface area contributed by atoms with E-state index in [0.29, 0.717) is 13.2 Å². The van der Waals surface area contributed by atoms with Crippen LogP contribution in [0.15, 0.2) is 24.3 Å². The minimum absolute atomic E-state index is 0.203. The number of rotatable bonds is 8. The maximum Gasteiger partial charge on any atom is 0.302 e. The Morgan fingerprint density at radius 1 is 1.06 bits per heavy atom. The maximum atomic E-state index is 10.5. The van der Waals surface area contributed by atoms with Gasteiger partial charge in [-0.1, -0.05) is 29.8 Å². The molecule has 0 aliphatic rings. The summed E-state index contributed by atoms with van der Waals surface area (Å²) in [7, 11) is 0. The summed E-state index contributed by atoms with van der Waals surface area (Å²) in [6.07, 6.45) is 2.95. The highest BCUT2D eigenvalue weighted by Gasteiger charge is 1.95. The summed E-state index contributed by atoms with van der Waals surface area (Å²) < 4.78 is 10.4. The Hall–Kier alpha value is -1.35. The number of hydrogen-bond acceptors (Lipinski definition) is 3. The highest BCUT2D eigenvalue weighted by Crippen LogP contribution is 2.05. The van der Waals surface area contributed by atoms with Crippen LogP contribution < -0.4 is 0 Å². The Bertz CT molecular complexity index is 343. The van der Waals surface area contributed by atoms with E-state index in [1.54, 1.807) is 0 Å². The van der Waals surface area contributed by atoms with Gasteiger partial charge in [0.2, 0.25) is 0 Å². The topological polar surface area (TPSA) is 35.5 Å². The summed E-state index contributed by atoms with van der Waals surface area (Å²) in [4.78, 5) is 10.5. The Morgan fingerprint density at radius 3 is 2.39 bits per heavy atom. The molecule has 1 rings (SSSR count). The number of unbranched alkanes of at least 4 members (excludes halogenated alkanes) is 2. The molecule has 0 atom stereocenters. The van der Waals surface area contributed by atoms with E-state index in [2.05, 4.69) is 31.2 Å². The van der Waals surface area contributed by atoms with E-state index in [1.807, 2.05) is 0 Å². The first-order valence-electron chi connectivity index (χ1n) is 6.45. The summed E-state index contributed by atoms with van der Waals surface area (Å²) >= 11 is 0.